The van der Waals surface area contributed by atoms with Gasteiger partial charge >= 0.3 is 0 Å². The zero-order chi connectivity index (χ0) is 20.2. The van der Waals surface area contributed by atoms with Gasteiger partial charge in [0.15, 0.2) is 6.29 Å². The highest BCUT2D eigenvalue weighted by Crippen LogP contribution is 2.43. The summed E-state index contributed by atoms with van der Waals surface area (Å²) in [4.78, 5) is 17.7. The van der Waals surface area contributed by atoms with Gasteiger partial charge in [0, 0.05) is 42.9 Å². The third kappa shape index (κ3) is 4.69. The van der Waals surface area contributed by atoms with E-state index in [0.717, 1.165) is 56.3 Å². The summed E-state index contributed by atoms with van der Waals surface area (Å²) in [6.45, 7) is 1.85. The molecule has 2 heterocycles. The molecule has 1 saturated carbocycles. The molecule has 2 aromatic rings. The third-order valence-corrected chi connectivity index (χ3v) is 6.11. The van der Waals surface area contributed by atoms with E-state index in [4.69, 9.17) is 4.74 Å². The van der Waals surface area contributed by atoms with Crippen molar-refractivity contribution in [3.63, 3.8) is 0 Å². The number of hydrogen-bond acceptors (Lipinski definition) is 5. The van der Waals surface area contributed by atoms with Gasteiger partial charge < -0.3 is 14.7 Å². The van der Waals surface area contributed by atoms with Gasteiger partial charge in [0.2, 0.25) is 5.88 Å². The Hall–Kier alpha value is -2.63. The molecule has 1 atom stereocenters. The van der Waals surface area contributed by atoms with Crippen molar-refractivity contribution in [2.24, 2.45) is 11.8 Å². The molecule has 1 aliphatic heterocycles. The molecule has 5 nitrogen and oxygen atoms in total. The Balaban J connectivity index is 1.32. The summed E-state index contributed by atoms with van der Waals surface area (Å²) >= 11 is 0. The van der Waals surface area contributed by atoms with E-state index in [1.165, 1.54) is 6.07 Å². The van der Waals surface area contributed by atoms with E-state index in [9.17, 15) is 14.3 Å². The van der Waals surface area contributed by atoms with Gasteiger partial charge in [-0.05, 0) is 61.3 Å². The summed E-state index contributed by atoms with van der Waals surface area (Å²) in [7, 11) is 0. The molecule has 0 bridgehead atoms. The zero-order valence-corrected chi connectivity index (χ0v) is 16.5. The van der Waals surface area contributed by atoms with Crippen molar-refractivity contribution in [1.82, 2.24) is 4.98 Å². The number of carbonyl (C=O) groups excluding carboxylic acids is 1. The quantitative estimate of drug-likeness (QED) is 0.670. The molecule has 1 saturated heterocycles. The Kier molecular flexibility index (Phi) is 5.97. The largest absolute Gasteiger partial charge is 0.508 e. The number of rotatable bonds is 8. The van der Waals surface area contributed by atoms with Crippen LogP contribution in [0.1, 0.15) is 47.5 Å². The van der Waals surface area contributed by atoms with Crippen LogP contribution in [0, 0.1) is 11.8 Å². The normalized spacial score (nSPS) is 18.4. The number of phenols is 1. The lowest BCUT2D eigenvalue weighted by atomic mass is 9.96. The number of aldehydes is 1. The monoisotopic (exact) mass is 398 g/mol. The maximum absolute atomic E-state index is 13.4. The van der Waals surface area contributed by atoms with Crippen molar-refractivity contribution >= 4 is 12.0 Å². The Morgan fingerprint density at radius 2 is 2.00 bits per heavy atom. The van der Waals surface area contributed by atoms with E-state index in [2.05, 4.69) is 9.88 Å². The van der Waals surface area contributed by atoms with E-state index in [1.807, 2.05) is 12.1 Å². The van der Waals surface area contributed by atoms with Gasteiger partial charge in [0.25, 0.3) is 0 Å². The number of anilines is 1. The molecule has 0 amide bonds. The number of nitrogens with zero attached hydrogens (tertiary/aromatic N) is 2. The number of pyridine rings is 1. The second kappa shape index (κ2) is 8.80. The van der Waals surface area contributed by atoms with Crippen LogP contribution < -0.4 is 9.64 Å². The van der Waals surface area contributed by atoms with E-state index < -0.39 is 0 Å². The average molecular weight is 398 g/mol. The fourth-order valence-electron chi connectivity index (χ4n) is 4.17. The minimum atomic E-state index is -0.329. The molecule has 0 spiro atoms. The highest BCUT2D eigenvalue weighted by atomic mass is 19.1. The minimum Gasteiger partial charge on any atom is -0.508 e. The van der Waals surface area contributed by atoms with Gasteiger partial charge in [-0.25, -0.2) is 4.98 Å². The molecular weight excluding hydrogens is 371 g/mol. The lowest BCUT2D eigenvalue weighted by Gasteiger charge is -2.34. The maximum Gasteiger partial charge on any atom is 0.213 e. The molecule has 2 aliphatic rings. The number of aromatic hydroxyl groups is 1. The van der Waals surface area contributed by atoms with Crippen molar-refractivity contribution < 1.29 is 19.0 Å². The number of carbonyl (C=O) groups is 1. The molecule has 1 unspecified atom stereocenters. The highest BCUT2D eigenvalue weighted by molar-refractivity contribution is 5.85. The lowest BCUT2D eigenvalue weighted by molar-refractivity contribution is 0.112. The van der Waals surface area contributed by atoms with Gasteiger partial charge in [-0.1, -0.05) is 0 Å². The van der Waals surface area contributed by atoms with Crippen molar-refractivity contribution in [3.05, 3.63) is 47.7 Å². The topological polar surface area (TPSA) is 62.7 Å². The Morgan fingerprint density at radius 1 is 1.21 bits per heavy atom. The van der Waals surface area contributed by atoms with Crippen LogP contribution in [0.2, 0.25) is 0 Å². The number of phenolic OH excluding ortho intramolecular Hbond substituents is 1. The number of halogens is 1. The molecular formula is C23H27FN2O3. The smallest absolute Gasteiger partial charge is 0.213 e. The van der Waals surface area contributed by atoms with Crippen LogP contribution in [0.15, 0.2) is 36.5 Å². The van der Waals surface area contributed by atoms with Crippen LogP contribution in [0.3, 0.4) is 0 Å². The number of benzene rings is 1. The first kappa shape index (κ1) is 19.7. The molecule has 1 N–H and O–H groups in total. The number of ether oxygens (including phenoxy) is 1. The second-order valence-electron chi connectivity index (χ2n) is 8.13. The lowest BCUT2D eigenvalue weighted by Crippen LogP contribution is -2.36. The van der Waals surface area contributed by atoms with E-state index in [1.54, 1.807) is 18.3 Å². The predicted octanol–water partition coefficient (Wildman–Crippen LogP) is 4.36. The SMILES string of the molecule is O=Cc1ccc(O)cc1N1CCC(COc2cc(C(CF)C3CC3)ccn2)CC1. The van der Waals surface area contributed by atoms with Gasteiger partial charge in [-0.3, -0.25) is 9.18 Å². The number of piperidine rings is 1. The number of alkyl halides is 1. The molecule has 1 aliphatic carbocycles. The van der Waals surface area contributed by atoms with Gasteiger partial charge in [0.1, 0.15) is 5.75 Å². The number of hydrogen-bond donors (Lipinski definition) is 1. The summed E-state index contributed by atoms with van der Waals surface area (Å²) < 4.78 is 19.3. The molecule has 2 fully saturated rings. The standard InChI is InChI=1S/C23H27FN2O3/c24-13-21(17-1-2-17)18-5-8-25-23(11-18)29-15-16-6-9-26(10-7-16)22-12-20(28)4-3-19(22)14-27/h3-5,8,11-12,14,16-17,21,28H,1-2,6-7,9-10,13,15H2. The second-order valence-corrected chi connectivity index (χ2v) is 8.13. The van der Waals surface area contributed by atoms with Crippen LogP contribution >= 0.6 is 0 Å². The first-order chi connectivity index (χ1) is 14.2. The summed E-state index contributed by atoms with van der Waals surface area (Å²) in [5, 5.41) is 9.75. The first-order valence-electron chi connectivity index (χ1n) is 10.4. The van der Waals surface area contributed by atoms with Crippen molar-refractivity contribution in [2.75, 3.05) is 31.3 Å². The van der Waals surface area contributed by atoms with Gasteiger partial charge in [-0.2, -0.15) is 0 Å². The fraction of sp³-hybridized carbons (Fsp3) is 0.478. The molecule has 1 aromatic heterocycles. The molecule has 154 valence electrons. The van der Waals surface area contributed by atoms with Crippen LogP contribution in [-0.4, -0.2) is 42.7 Å². The summed E-state index contributed by atoms with van der Waals surface area (Å²) in [5.41, 5.74) is 2.36. The van der Waals surface area contributed by atoms with Crippen molar-refractivity contribution in [1.29, 1.82) is 0 Å². The Bertz CT molecular complexity index is 848. The van der Waals surface area contributed by atoms with E-state index in [-0.39, 0.29) is 18.3 Å². The molecule has 29 heavy (non-hydrogen) atoms. The van der Waals surface area contributed by atoms with Crippen molar-refractivity contribution in [3.8, 4) is 11.6 Å². The summed E-state index contributed by atoms with van der Waals surface area (Å²) in [6.07, 6.45) is 6.62. The average Bonchev–Trinajstić information content (AvgIpc) is 3.59. The molecule has 4 rings (SSSR count). The highest BCUT2D eigenvalue weighted by Gasteiger charge is 2.32. The zero-order valence-electron chi connectivity index (χ0n) is 16.5. The molecule has 6 heteroatoms. The van der Waals surface area contributed by atoms with Crippen LogP contribution in [0.5, 0.6) is 11.6 Å². The van der Waals surface area contributed by atoms with Crippen molar-refractivity contribution in [2.45, 2.75) is 31.6 Å². The third-order valence-electron chi connectivity index (χ3n) is 6.11. The summed E-state index contributed by atoms with van der Waals surface area (Å²) in [6, 6.07) is 8.62. The fourth-order valence-corrected chi connectivity index (χ4v) is 4.17. The van der Waals surface area contributed by atoms with Gasteiger partial charge in [0.05, 0.1) is 19.0 Å². The van der Waals surface area contributed by atoms with Crippen LogP contribution in [-0.2, 0) is 0 Å². The van der Waals surface area contributed by atoms with Gasteiger partial charge in [-0.15, -0.1) is 0 Å². The van der Waals surface area contributed by atoms with E-state index in [0.29, 0.717) is 29.9 Å². The van der Waals surface area contributed by atoms with E-state index >= 15 is 0 Å². The summed E-state index contributed by atoms with van der Waals surface area (Å²) in [5.74, 6) is 1.57. The Labute approximate surface area is 170 Å². The van der Waals surface area contributed by atoms with Crippen LogP contribution in [0.25, 0.3) is 0 Å². The first-order valence-corrected chi connectivity index (χ1v) is 10.4. The molecule has 0 radical (unpaired) electrons. The predicted molar refractivity (Wildman–Crippen MR) is 110 cm³/mol. The maximum atomic E-state index is 13.4. The Morgan fingerprint density at radius 3 is 2.69 bits per heavy atom. The molecule has 1 aromatic carbocycles. The van der Waals surface area contributed by atoms with Crippen LogP contribution in [0.4, 0.5) is 10.1 Å². The number of aromatic nitrogens is 1. The minimum absolute atomic E-state index is 0.0297.